The number of hydrogen-bond acceptors (Lipinski definition) is 5. The van der Waals surface area contributed by atoms with Gasteiger partial charge in [0.15, 0.2) is 0 Å². The van der Waals surface area contributed by atoms with E-state index in [0.717, 1.165) is 54.9 Å². The monoisotopic (exact) mass is 468 g/mol. The lowest BCUT2D eigenvalue weighted by molar-refractivity contribution is -0.136. The highest BCUT2D eigenvalue weighted by Crippen LogP contribution is 2.37. The maximum absolute atomic E-state index is 12.3. The van der Waals surface area contributed by atoms with Gasteiger partial charge in [-0.25, -0.2) is 0 Å². The van der Waals surface area contributed by atoms with Crippen LogP contribution in [-0.4, -0.2) is 43.7 Å². The van der Waals surface area contributed by atoms with Crippen LogP contribution in [0, 0.1) is 0 Å². The van der Waals surface area contributed by atoms with Crippen molar-refractivity contribution in [2.45, 2.75) is 31.3 Å². The molecule has 5 heteroatoms. The number of nitrogens with zero attached hydrogens (tertiary/aromatic N) is 1. The van der Waals surface area contributed by atoms with Crippen LogP contribution < -0.4 is 14.8 Å². The highest BCUT2D eigenvalue weighted by atomic mass is 16.5. The molecule has 2 heterocycles. The number of esters is 1. The summed E-state index contributed by atoms with van der Waals surface area (Å²) in [6.07, 6.45) is 6.93. The molecule has 0 aromatic heterocycles. The predicted molar refractivity (Wildman–Crippen MR) is 139 cm³/mol. The number of carbonyl (C=O) groups is 1. The van der Waals surface area contributed by atoms with Crippen molar-refractivity contribution in [3.8, 4) is 22.6 Å². The standard InChI is InChI=1S/C30H32N2O3/c1-34-26-12-9-23(10-13-26)24-11-14-29-27(20-24)28(21-30(33)35-29)31-25-15-18-32(19-16-25)17-5-8-22-6-3-2-4-7-22/h2-14,20,25,28,31H,15-19,21H2,1H3/b8-5+. The van der Waals surface area contributed by atoms with Crippen molar-refractivity contribution in [3.63, 3.8) is 0 Å². The highest BCUT2D eigenvalue weighted by molar-refractivity contribution is 5.78. The summed E-state index contributed by atoms with van der Waals surface area (Å²) in [7, 11) is 1.67. The van der Waals surface area contributed by atoms with E-state index in [1.54, 1.807) is 7.11 Å². The molecule has 0 bridgehead atoms. The smallest absolute Gasteiger partial charge is 0.313 e. The minimum absolute atomic E-state index is 0.0287. The predicted octanol–water partition coefficient (Wildman–Crippen LogP) is 5.48. The average molecular weight is 469 g/mol. The second-order valence-electron chi connectivity index (χ2n) is 9.27. The quantitative estimate of drug-likeness (QED) is 0.368. The van der Waals surface area contributed by atoms with Gasteiger partial charge in [0.2, 0.25) is 0 Å². The molecule has 0 saturated carbocycles. The maximum atomic E-state index is 12.3. The van der Waals surface area contributed by atoms with Crippen molar-refractivity contribution in [3.05, 3.63) is 90.0 Å². The number of carbonyl (C=O) groups excluding carboxylic acids is 1. The van der Waals surface area contributed by atoms with Gasteiger partial charge in [-0.3, -0.25) is 9.69 Å². The van der Waals surface area contributed by atoms with Crippen LogP contribution in [0.4, 0.5) is 0 Å². The number of nitrogens with one attached hydrogen (secondary N) is 1. The molecule has 0 spiro atoms. The third-order valence-electron chi connectivity index (χ3n) is 6.90. The molecule has 5 rings (SSSR count). The van der Waals surface area contributed by atoms with Crippen LogP contribution in [0.15, 0.2) is 78.9 Å². The topological polar surface area (TPSA) is 50.8 Å². The van der Waals surface area contributed by atoms with Gasteiger partial charge < -0.3 is 14.8 Å². The van der Waals surface area contributed by atoms with Crippen LogP contribution in [0.3, 0.4) is 0 Å². The Kier molecular flexibility index (Phi) is 7.26. The summed E-state index contributed by atoms with van der Waals surface area (Å²) in [5, 5.41) is 3.78. The molecule has 1 N–H and O–H groups in total. The Morgan fingerprint density at radius 2 is 1.74 bits per heavy atom. The first-order valence-corrected chi connectivity index (χ1v) is 12.4. The average Bonchev–Trinajstić information content (AvgIpc) is 2.90. The molecule has 1 fully saturated rings. The molecule has 2 aliphatic heterocycles. The van der Waals surface area contributed by atoms with Gasteiger partial charge in [-0.15, -0.1) is 0 Å². The number of fused-ring (bicyclic) bond motifs is 1. The molecule has 5 nitrogen and oxygen atoms in total. The SMILES string of the molecule is COc1ccc(-c2ccc3c(c2)C(NC2CCN(C/C=C/c4ccccc4)CC2)CC(=O)O3)cc1. The van der Waals surface area contributed by atoms with Gasteiger partial charge >= 0.3 is 5.97 Å². The molecular formula is C30H32N2O3. The molecular weight excluding hydrogens is 436 g/mol. The summed E-state index contributed by atoms with van der Waals surface area (Å²) in [6.45, 7) is 3.06. The number of hydrogen-bond donors (Lipinski definition) is 1. The van der Waals surface area contributed by atoms with E-state index in [4.69, 9.17) is 9.47 Å². The summed E-state index contributed by atoms with van der Waals surface area (Å²) in [5.41, 5.74) is 4.52. The normalized spacial score (nSPS) is 18.9. The van der Waals surface area contributed by atoms with E-state index in [0.29, 0.717) is 18.2 Å². The van der Waals surface area contributed by atoms with Crippen LogP contribution in [-0.2, 0) is 4.79 Å². The van der Waals surface area contributed by atoms with Crippen LogP contribution in [0.2, 0.25) is 0 Å². The van der Waals surface area contributed by atoms with Gasteiger partial charge in [-0.2, -0.15) is 0 Å². The van der Waals surface area contributed by atoms with Gasteiger partial charge in [0.25, 0.3) is 0 Å². The molecule has 1 saturated heterocycles. The van der Waals surface area contributed by atoms with Crippen molar-refractivity contribution >= 4 is 12.0 Å². The van der Waals surface area contributed by atoms with E-state index in [-0.39, 0.29) is 12.0 Å². The lowest BCUT2D eigenvalue weighted by atomic mass is 9.93. The molecule has 0 amide bonds. The Hall–Kier alpha value is -3.41. The van der Waals surface area contributed by atoms with Crippen LogP contribution in [0.1, 0.15) is 36.4 Å². The van der Waals surface area contributed by atoms with Gasteiger partial charge in [0.1, 0.15) is 11.5 Å². The fourth-order valence-electron chi connectivity index (χ4n) is 4.94. The summed E-state index contributed by atoms with van der Waals surface area (Å²) in [4.78, 5) is 14.8. The summed E-state index contributed by atoms with van der Waals surface area (Å²) >= 11 is 0. The fraction of sp³-hybridized carbons (Fsp3) is 0.300. The van der Waals surface area contributed by atoms with Crippen molar-refractivity contribution in [1.82, 2.24) is 10.2 Å². The Morgan fingerprint density at radius 1 is 1.00 bits per heavy atom. The van der Waals surface area contributed by atoms with Crippen LogP contribution in [0.5, 0.6) is 11.5 Å². The number of methoxy groups -OCH3 is 1. The van der Waals surface area contributed by atoms with E-state index in [9.17, 15) is 4.79 Å². The molecule has 3 aromatic rings. The second-order valence-corrected chi connectivity index (χ2v) is 9.27. The molecule has 0 radical (unpaired) electrons. The summed E-state index contributed by atoms with van der Waals surface area (Å²) in [6, 6.07) is 24.9. The zero-order chi connectivity index (χ0) is 24.0. The van der Waals surface area contributed by atoms with Gasteiger partial charge in [-0.05, 0) is 66.9 Å². The van der Waals surface area contributed by atoms with Gasteiger partial charge in [0, 0.05) is 24.2 Å². The molecule has 1 atom stereocenters. The first-order chi connectivity index (χ1) is 17.2. The number of likely N-dealkylation sites (tertiary alicyclic amines) is 1. The lowest BCUT2D eigenvalue weighted by Crippen LogP contribution is -2.45. The first-order valence-electron chi connectivity index (χ1n) is 12.4. The molecule has 180 valence electrons. The minimum atomic E-state index is -0.171. The summed E-state index contributed by atoms with van der Waals surface area (Å²) in [5.74, 6) is 1.33. The third-order valence-corrected chi connectivity index (χ3v) is 6.90. The Morgan fingerprint density at radius 3 is 2.49 bits per heavy atom. The van der Waals surface area contributed by atoms with Gasteiger partial charge in [-0.1, -0.05) is 60.7 Å². The molecule has 0 aliphatic carbocycles. The summed E-state index contributed by atoms with van der Waals surface area (Å²) < 4.78 is 10.8. The lowest BCUT2D eigenvalue weighted by Gasteiger charge is -2.35. The van der Waals surface area contributed by atoms with Crippen molar-refractivity contribution < 1.29 is 14.3 Å². The van der Waals surface area contributed by atoms with Crippen LogP contribution >= 0.6 is 0 Å². The van der Waals surface area contributed by atoms with Gasteiger partial charge in [0.05, 0.1) is 13.5 Å². The van der Waals surface area contributed by atoms with E-state index < -0.39 is 0 Å². The van der Waals surface area contributed by atoms with E-state index in [1.807, 2.05) is 30.3 Å². The first kappa shape index (κ1) is 23.3. The van der Waals surface area contributed by atoms with Crippen LogP contribution in [0.25, 0.3) is 17.2 Å². The molecule has 1 unspecified atom stereocenters. The molecule has 35 heavy (non-hydrogen) atoms. The fourth-order valence-corrected chi connectivity index (χ4v) is 4.94. The maximum Gasteiger partial charge on any atom is 0.313 e. The number of rotatable bonds is 7. The number of ether oxygens (including phenoxy) is 2. The Balaban J connectivity index is 1.21. The second kappa shape index (κ2) is 10.9. The van der Waals surface area contributed by atoms with E-state index in [1.165, 1.54) is 5.56 Å². The number of benzene rings is 3. The minimum Gasteiger partial charge on any atom is -0.497 e. The Bertz CT molecular complexity index is 1170. The largest absolute Gasteiger partial charge is 0.497 e. The molecule has 3 aromatic carbocycles. The van der Waals surface area contributed by atoms with E-state index in [2.05, 4.69) is 64.8 Å². The van der Waals surface area contributed by atoms with E-state index >= 15 is 0 Å². The van der Waals surface area contributed by atoms with Crippen molar-refractivity contribution in [1.29, 1.82) is 0 Å². The Labute approximate surface area is 207 Å². The molecule has 2 aliphatic rings. The zero-order valence-corrected chi connectivity index (χ0v) is 20.2. The zero-order valence-electron chi connectivity index (χ0n) is 20.2. The third kappa shape index (κ3) is 5.81. The highest BCUT2D eigenvalue weighted by Gasteiger charge is 2.30. The van der Waals surface area contributed by atoms with Crippen molar-refractivity contribution in [2.75, 3.05) is 26.7 Å². The van der Waals surface area contributed by atoms with Crippen molar-refractivity contribution in [2.24, 2.45) is 0 Å². The number of piperidine rings is 1.